The molecule has 0 spiro atoms. The van der Waals surface area contributed by atoms with E-state index in [0.29, 0.717) is 13.0 Å². The average Bonchev–Trinajstić information content (AvgIpc) is 2.99. The van der Waals surface area contributed by atoms with Gasteiger partial charge in [0.05, 0.1) is 17.9 Å². The number of hydrogen-bond acceptors (Lipinski definition) is 4. The van der Waals surface area contributed by atoms with Crippen LogP contribution in [0, 0.1) is 6.92 Å². The van der Waals surface area contributed by atoms with Gasteiger partial charge in [-0.15, -0.1) is 0 Å². The van der Waals surface area contributed by atoms with Crippen LogP contribution >= 0.6 is 11.8 Å². The van der Waals surface area contributed by atoms with Crippen molar-refractivity contribution < 1.29 is 4.79 Å². The van der Waals surface area contributed by atoms with Crippen molar-refractivity contribution in [3.8, 4) is 0 Å². The Bertz CT molecular complexity index is 834. The molecule has 5 nitrogen and oxygen atoms in total. The van der Waals surface area contributed by atoms with Gasteiger partial charge in [-0.1, -0.05) is 36.4 Å². The van der Waals surface area contributed by atoms with Crippen LogP contribution in [-0.2, 0) is 17.1 Å². The normalized spacial score (nSPS) is 10.7. The highest BCUT2D eigenvalue weighted by Crippen LogP contribution is 2.15. The largest absolute Gasteiger partial charge is 0.311 e. The Morgan fingerprint density at radius 1 is 1.15 bits per heavy atom. The van der Waals surface area contributed by atoms with Gasteiger partial charge in [-0.25, -0.2) is 4.68 Å². The van der Waals surface area contributed by atoms with Gasteiger partial charge in [0.2, 0.25) is 5.91 Å². The van der Waals surface area contributed by atoms with Crippen LogP contribution in [0.1, 0.15) is 23.4 Å². The molecule has 134 valence electrons. The van der Waals surface area contributed by atoms with E-state index in [0.717, 1.165) is 34.3 Å². The van der Waals surface area contributed by atoms with E-state index in [2.05, 4.69) is 27.5 Å². The summed E-state index contributed by atoms with van der Waals surface area (Å²) in [7, 11) is 0. The monoisotopic (exact) mass is 366 g/mol. The SMILES string of the molecule is Cc1cc(NC(=O)CCSCc2ccccn2)n(Cc2ccccc2)n1. The van der Waals surface area contributed by atoms with Crippen LogP contribution in [0.25, 0.3) is 0 Å². The first-order valence-corrected chi connectivity index (χ1v) is 9.72. The van der Waals surface area contributed by atoms with E-state index >= 15 is 0 Å². The van der Waals surface area contributed by atoms with Gasteiger partial charge < -0.3 is 5.32 Å². The molecule has 0 aliphatic rings. The third-order valence-electron chi connectivity index (χ3n) is 3.79. The van der Waals surface area contributed by atoms with E-state index in [4.69, 9.17) is 0 Å². The molecular weight excluding hydrogens is 344 g/mol. The van der Waals surface area contributed by atoms with Crippen LogP contribution in [0.5, 0.6) is 0 Å². The maximum atomic E-state index is 12.3. The maximum absolute atomic E-state index is 12.3. The molecule has 0 unspecified atom stereocenters. The lowest BCUT2D eigenvalue weighted by Gasteiger charge is -2.09. The number of nitrogens with zero attached hydrogens (tertiary/aromatic N) is 3. The van der Waals surface area contributed by atoms with E-state index in [9.17, 15) is 4.79 Å². The fourth-order valence-corrected chi connectivity index (χ4v) is 3.41. The molecule has 0 radical (unpaired) electrons. The summed E-state index contributed by atoms with van der Waals surface area (Å²) < 4.78 is 1.84. The molecule has 0 bridgehead atoms. The number of benzene rings is 1. The first-order valence-electron chi connectivity index (χ1n) is 8.56. The van der Waals surface area contributed by atoms with E-state index in [1.165, 1.54) is 0 Å². The minimum absolute atomic E-state index is 0.00716. The predicted molar refractivity (Wildman–Crippen MR) is 106 cm³/mol. The van der Waals surface area contributed by atoms with Crippen molar-refractivity contribution in [1.82, 2.24) is 14.8 Å². The number of aryl methyl sites for hydroxylation is 1. The summed E-state index contributed by atoms with van der Waals surface area (Å²) >= 11 is 1.71. The fraction of sp³-hybridized carbons (Fsp3) is 0.250. The van der Waals surface area contributed by atoms with Gasteiger partial charge in [0.1, 0.15) is 5.82 Å². The van der Waals surface area contributed by atoms with Crippen molar-refractivity contribution in [1.29, 1.82) is 0 Å². The highest BCUT2D eigenvalue weighted by atomic mass is 32.2. The number of amides is 1. The van der Waals surface area contributed by atoms with Gasteiger partial charge in [0, 0.05) is 30.2 Å². The molecule has 6 heteroatoms. The number of pyridine rings is 1. The standard InChI is InChI=1S/C20H22N4OS/c1-16-13-19(24(23-16)14-17-7-3-2-4-8-17)22-20(25)10-12-26-15-18-9-5-6-11-21-18/h2-9,11,13H,10,12,14-15H2,1H3,(H,22,25). The topological polar surface area (TPSA) is 59.8 Å². The van der Waals surface area contributed by atoms with Gasteiger partial charge >= 0.3 is 0 Å². The minimum Gasteiger partial charge on any atom is -0.311 e. The fourth-order valence-electron chi connectivity index (χ4n) is 2.55. The molecule has 0 saturated heterocycles. The number of anilines is 1. The molecule has 1 N–H and O–H groups in total. The van der Waals surface area contributed by atoms with E-state index in [1.807, 2.05) is 54.1 Å². The van der Waals surface area contributed by atoms with Crippen molar-refractivity contribution in [3.63, 3.8) is 0 Å². The van der Waals surface area contributed by atoms with Gasteiger partial charge in [-0.2, -0.15) is 16.9 Å². The molecule has 0 aliphatic carbocycles. The summed E-state index contributed by atoms with van der Waals surface area (Å²) in [5.74, 6) is 2.33. The van der Waals surface area contributed by atoms with Crippen molar-refractivity contribution >= 4 is 23.5 Å². The van der Waals surface area contributed by atoms with E-state index in [1.54, 1.807) is 18.0 Å². The third kappa shape index (κ3) is 5.46. The van der Waals surface area contributed by atoms with Gasteiger partial charge in [0.25, 0.3) is 0 Å². The van der Waals surface area contributed by atoms with Crippen LogP contribution in [0.15, 0.2) is 60.8 Å². The third-order valence-corrected chi connectivity index (χ3v) is 4.79. The van der Waals surface area contributed by atoms with Gasteiger partial charge in [0.15, 0.2) is 0 Å². The molecule has 0 fully saturated rings. The highest BCUT2D eigenvalue weighted by molar-refractivity contribution is 7.98. The number of carbonyl (C=O) groups excluding carboxylic acids is 1. The Balaban J connectivity index is 1.49. The molecule has 3 rings (SSSR count). The van der Waals surface area contributed by atoms with Crippen LogP contribution < -0.4 is 5.32 Å². The molecular formula is C20H22N4OS. The Labute approximate surface area is 157 Å². The van der Waals surface area contributed by atoms with E-state index < -0.39 is 0 Å². The lowest BCUT2D eigenvalue weighted by Crippen LogP contribution is -2.16. The lowest BCUT2D eigenvalue weighted by molar-refractivity contribution is -0.115. The highest BCUT2D eigenvalue weighted by Gasteiger charge is 2.10. The van der Waals surface area contributed by atoms with Gasteiger partial charge in [-0.05, 0) is 24.6 Å². The zero-order valence-electron chi connectivity index (χ0n) is 14.8. The number of rotatable bonds is 8. The zero-order chi connectivity index (χ0) is 18.2. The molecule has 1 amide bonds. The number of nitrogens with one attached hydrogen (secondary N) is 1. The summed E-state index contributed by atoms with van der Waals surface area (Å²) in [5, 5.41) is 7.47. The van der Waals surface area contributed by atoms with Crippen LogP contribution in [0.2, 0.25) is 0 Å². The minimum atomic E-state index is 0.00716. The van der Waals surface area contributed by atoms with Crippen LogP contribution in [0.3, 0.4) is 0 Å². The predicted octanol–water partition coefficient (Wildman–Crippen LogP) is 3.90. The van der Waals surface area contributed by atoms with Crippen LogP contribution in [-0.4, -0.2) is 26.4 Å². The summed E-state index contributed by atoms with van der Waals surface area (Å²) in [6.45, 7) is 2.57. The molecule has 0 saturated carbocycles. The quantitative estimate of drug-likeness (QED) is 0.614. The molecule has 3 aromatic rings. The molecule has 0 aliphatic heterocycles. The molecule has 2 aromatic heterocycles. The summed E-state index contributed by atoms with van der Waals surface area (Å²) in [5.41, 5.74) is 3.08. The maximum Gasteiger partial charge on any atom is 0.226 e. The molecule has 2 heterocycles. The van der Waals surface area contributed by atoms with Crippen molar-refractivity contribution in [2.45, 2.75) is 25.6 Å². The Morgan fingerprint density at radius 2 is 1.96 bits per heavy atom. The summed E-state index contributed by atoms with van der Waals surface area (Å²) in [4.78, 5) is 16.5. The molecule has 1 aromatic carbocycles. The van der Waals surface area contributed by atoms with Crippen molar-refractivity contribution in [2.24, 2.45) is 0 Å². The smallest absolute Gasteiger partial charge is 0.226 e. The zero-order valence-corrected chi connectivity index (χ0v) is 15.6. The molecule has 26 heavy (non-hydrogen) atoms. The number of hydrogen-bond donors (Lipinski definition) is 1. The average molecular weight is 366 g/mol. The molecule has 0 atom stereocenters. The second-order valence-corrected chi connectivity index (χ2v) is 7.09. The number of carbonyl (C=O) groups is 1. The second kappa shape index (κ2) is 9.20. The first-order chi connectivity index (χ1) is 12.7. The summed E-state index contributed by atoms with van der Waals surface area (Å²) in [6, 6.07) is 17.9. The van der Waals surface area contributed by atoms with Crippen molar-refractivity contribution in [3.05, 3.63) is 77.7 Å². The first kappa shape index (κ1) is 18.2. The number of thioether (sulfide) groups is 1. The van der Waals surface area contributed by atoms with Gasteiger partial charge in [-0.3, -0.25) is 9.78 Å². The number of aromatic nitrogens is 3. The Kier molecular flexibility index (Phi) is 6.44. The van der Waals surface area contributed by atoms with Crippen LogP contribution in [0.4, 0.5) is 5.82 Å². The second-order valence-electron chi connectivity index (χ2n) is 5.99. The Morgan fingerprint density at radius 3 is 2.73 bits per heavy atom. The lowest BCUT2D eigenvalue weighted by atomic mass is 10.2. The summed E-state index contributed by atoms with van der Waals surface area (Å²) in [6.07, 6.45) is 2.26. The van der Waals surface area contributed by atoms with Crippen molar-refractivity contribution in [2.75, 3.05) is 11.1 Å². The Hall–Kier alpha value is -2.60. The van der Waals surface area contributed by atoms with E-state index in [-0.39, 0.29) is 5.91 Å².